The Morgan fingerprint density at radius 2 is 1.89 bits per heavy atom. The Morgan fingerprint density at radius 3 is 2.56 bits per heavy atom. The number of anilines is 1. The highest BCUT2D eigenvalue weighted by Crippen LogP contribution is 2.22. The molecule has 1 atom stereocenters. The van der Waals surface area contributed by atoms with Crippen LogP contribution in [0.25, 0.3) is 11.0 Å². The number of carbonyl (C=O) groups excluding carboxylic acids is 2. The number of nitrogens with two attached hydrogens (primary N) is 1. The van der Waals surface area contributed by atoms with Crippen molar-refractivity contribution in [3.63, 3.8) is 0 Å². The Balaban J connectivity index is 1.90. The van der Waals surface area contributed by atoms with Gasteiger partial charge in [0.25, 0.3) is 11.1 Å². The number of aryl methyl sites for hydroxylation is 1. The third kappa shape index (κ3) is 4.63. The summed E-state index contributed by atoms with van der Waals surface area (Å²) >= 11 is 0. The van der Waals surface area contributed by atoms with Gasteiger partial charge in [0.05, 0.1) is 14.2 Å². The molecule has 12 heteroatoms. The maximum atomic E-state index is 13.8. The lowest BCUT2D eigenvalue weighted by Crippen LogP contribution is -2.44. The lowest BCUT2D eigenvalue weighted by molar-refractivity contribution is -0.141. The van der Waals surface area contributed by atoms with Crippen LogP contribution in [0.5, 0.6) is 5.75 Å². The van der Waals surface area contributed by atoms with Crippen molar-refractivity contribution < 1.29 is 19.1 Å². The van der Waals surface area contributed by atoms with Gasteiger partial charge >= 0.3 is 5.97 Å². The van der Waals surface area contributed by atoms with Gasteiger partial charge in [0.1, 0.15) is 24.4 Å². The van der Waals surface area contributed by atoms with Crippen molar-refractivity contribution in [3.8, 4) is 5.75 Å². The average Bonchev–Trinajstić information content (AvgIpc) is 3.29. The Hall–Kier alpha value is -3.93. The third-order valence-corrected chi connectivity index (χ3v) is 6.36. The lowest BCUT2D eigenvalue weighted by atomic mass is 10.1. The number of esters is 1. The van der Waals surface area contributed by atoms with E-state index in [0.717, 1.165) is 22.2 Å². The number of hydrogen-bond donors (Lipinski definition) is 1. The Labute approximate surface area is 206 Å². The van der Waals surface area contributed by atoms with Crippen molar-refractivity contribution in [2.24, 2.45) is 5.73 Å². The van der Waals surface area contributed by atoms with E-state index in [-0.39, 0.29) is 17.1 Å². The molecule has 0 aliphatic carbocycles. The number of ketones is 1. The predicted molar refractivity (Wildman–Crippen MR) is 133 cm³/mol. The maximum Gasteiger partial charge on any atom is 0.327 e. The van der Waals surface area contributed by atoms with Gasteiger partial charge in [0, 0.05) is 31.2 Å². The molecule has 0 bridgehead atoms. The van der Waals surface area contributed by atoms with Crippen LogP contribution in [0.4, 0.5) is 5.95 Å². The van der Waals surface area contributed by atoms with E-state index in [9.17, 15) is 19.2 Å². The number of Topliss-reactive ketones (excluding diaryl/α,β-unsaturated/α-hetero) is 1. The van der Waals surface area contributed by atoms with Crippen molar-refractivity contribution in [2.75, 3.05) is 32.2 Å². The van der Waals surface area contributed by atoms with Gasteiger partial charge in [-0.1, -0.05) is 12.1 Å². The number of piperidine rings is 1. The first-order valence-corrected chi connectivity index (χ1v) is 11.8. The van der Waals surface area contributed by atoms with Crippen LogP contribution in [0.15, 0.2) is 33.9 Å². The van der Waals surface area contributed by atoms with Crippen LogP contribution in [0, 0.1) is 0 Å². The number of methoxy groups -OCH3 is 2. The molecule has 0 saturated carbocycles. The molecule has 3 aromatic rings. The molecule has 192 valence electrons. The van der Waals surface area contributed by atoms with E-state index in [2.05, 4.69) is 4.98 Å². The number of nitrogens with zero attached hydrogens (tertiary/aromatic N) is 5. The summed E-state index contributed by atoms with van der Waals surface area (Å²) in [6, 6.07) is 6.43. The van der Waals surface area contributed by atoms with Crippen LogP contribution in [0.2, 0.25) is 0 Å². The molecule has 4 rings (SSSR count). The largest absolute Gasteiger partial charge is 0.497 e. The molecule has 1 fully saturated rings. The van der Waals surface area contributed by atoms with Gasteiger partial charge in [0.2, 0.25) is 5.95 Å². The second kappa shape index (κ2) is 10.4. The van der Waals surface area contributed by atoms with Crippen molar-refractivity contribution in [3.05, 3.63) is 50.5 Å². The standard InChI is InChI=1S/C24H30N6O6/c1-4-28-21-20(26-24(28)27-10-6-8-16(25)12-27)22(33)30(14-19(32)36-3)29(23(21)34)13-18(31)15-7-5-9-17(11-15)35-2/h5,7,9,11,16H,4,6,8,10,12-14,25H2,1-3H3. The minimum atomic E-state index is -0.740. The fourth-order valence-electron chi connectivity index (χ4n) is 4.53. The van der Waals surface area contributed by atoms with Crippen LogP contribution in [-0.2, 0) is 29.2 Å². The van der Waals surface area contributed by atoms with Gasteiger partial charge in [-0.25, -0.2) is 14.3 Å². The zero-order chi connectivity index (χ0) is 26.0. The third-order valence-electron chi connectivity index (χ3n) is 6.36. The average molecular weight is 499 g/mol. The Kier molecular flexibility index (Phi) is 7.25. The van der Waals surface area contributed by atoms with Gasteiger partial charge in [-0.15, -0.1) is 0 Å². The fraction of sp³-hybridized carbons (Fsp3) is 0.458. The summed E-state index contributed by atoms with van der Waals surface area (Å²) < 4.78 is 13.5. The molecule has 0 radical (unpaired) electrons. The highest BCUT2D eigenvalue weighted by molar-refractivity contribution is 5.96. The lowest BCUT2D eigenvalue weighted by Gasteiger charge is -2.31. The van der Waals surface area contributed by atoms with Crippen LogP contribution in [0.3, 0.4) is 0 Å². The first kappa shape index (κ1) is 25.2. The molecule has 1 unspecified atom stereocenters. The molecule has 1 saturated heterocycles. The molecule has 2 aromatic heterocycles. The number of fused-ring (bicyclic) bond motifs is 1. The molecule has 36 heavy (non-hydrogen) atoms. The second-order valence-electron chi connectivity index (χ2n) is 8.66. The molecular weight excluding hydrogens is 468 g/mol. The maximum absolute atomic E-state index is 13.8. The minimum Gasteiger partial charge on any atom is -0.497 e. The van der Waals surface area contributed by atoms with Crippen molar-refractivity contribution in [1.82, 2.24) is 18.9 Å². The van der Waals surface area contributed by atoms with Crippen molar-refractivity contribution in [2.45, 2.75) is 45.4 Å². The van der Waals surface area contributed by atoms with Gasteiger partial charge in [-0.2, -0.15) is 0 Å². The predicted octanol–water partition coefficient (Wildman–Crippen LogP) is 0.372. The number of imidazole rings is 1. The summed E-state index contributed by atoms with van der Waals surface area (Å²) in [5.41, 5.74) is 5.19. The second-order valence-corrected chi connectivity index (χ2v) is 8.66. The fourth-order valence-corrected chi connectivity index (χ4v) is 4.53. The summed E-state index contributed by atoms with van der Waals surface area (Å²) in [5, 5.41) is 0. The van der Waals surface area contributed by atoms with E-state index in [4.69, 9.17) is 15.2 Å². The van der Waals surface area contributed by atoms with Crippen LogP contribution < -0.4 is 26.5 Å². The van der Waals surface area contributed by atoms with Gasteiger partial charge < -0.3 is 24.7 Å². The van der Waals surface area contributed by atoms with E-state index < -0.39 is 36.0 Å². The summed E-state index contributed by atoms with van der Waals surface area (Å²) in [6.45, 7) is 2.44. The molecule has 3 heterocycles. The highest BCUT2D eigenvalue weighted by Gasteiger charge is 2.27. The molecule has 1 aromatic carbocycles. The number of ether oxygens (including phenoxy) is 2. The first-order valence-electron chi connectivity index (χ1n) is 11.8. The SMILES string of the molecule is CCn1c(N2CCCC(N)C2)nc2c(=O)n(CC(=O)OC)n(CC(=O)c3cccc(OC)c3)c(=O)c21. The number of rotatable bonds is 8. The summed E-state index contributed by atoms with van der Waals surface area (Å²) in [7, 11) is 2.66. The number of benzene rings is 1. The zero-order valence-corrected chi connectivity index (χ0v) is 20.6. The van der Waals surface area contributed by atoms with E-state index in [0.29, 0.717) is 36.9 Å². The molecular formula is C24H30N6O6. The summed E-state index contributed by atoms with van der Waals surface area (Å²) in [6.07, 6.45) is 1.74. The Morgan fingerprint density at radius 1 is 1.14 bits per heavy atom. The van der Waals surface area contributed by atoms with Gasteiger partial charge in [0.15, 0.2) is 11.3 Å². The Bertz CT molecular complexity index is 1420. The van der Waals surface area contributed by atoms with Crippen LogP contribution in [0.1, 0.15) is 30.1 Å². The quantitative estimate of drug-likeness (QED) is 0.344. The smallest absolute Gasteiger partial charge is 0.327 e. The van der Waals surface area contributed by atoms with Crippen LogP contribution in [-0.4, -0.2) is 64.0 Å². The molecule has 2 N–H and O–H groups in total. The van der Waals surface area contributed by atoms with Crippen molar-refractivity contribution >= 4 is 28.7 Å². The van der Waals surface area contributed by atoms with E-state index in [1.165, 1.54) is 14.2 Å². The van der Waals surface area contributed by atoms with E-state index in [1.54, 1.807) is 28.8 Å². The van der Waals surface area contributed by atoms with E-state index >= 15 is 0 Å². The highest BCUT2D eigenvalue weighted by atomic mass is 16.5. The molecule has 0 amide bonds. The van der Waals surface area contributed by atoms with Crippen molar-refractivity contribution in [1.29, 1.82) is 0 Å². The zero-order valence-electron chi connectivity index (χ0n) is 20.6. The monoisotopic (exact) mass is 498 g/mol. The molecule has 12 nitrogen and oxygen atoms in total. The normalized spacial score (nSPS) is 15.8. The van der Waals surface area contributed by atoms with Crippen LogP contribution >= 0.6 is 0 Å². The molecule has 1 aliphatic heterocycles. The minimum absolute atomic E-state index is 0.0445. The van der Waals surface area contributed by atoms with E-state index in [1.807, 2.05) is 11.8 Å². The van der Waals surface area contributed by atoms with Gasteiger partial charge in [-0.3, -0.25) is 19.2 Å². The summed E-state index contributed by atoms with van der Waals surface area (Å²) in [4.78, 5) is 59.1. The molecule has 0 spiro atoms. The number of hydrogen-bond acceptors (Lipinski definition) is 9. The number of aromatic nitrogens is 4. The van der Waals surface area contributed by atoms with Gasteiger partial charge in [-0.05, 0) is 31.9 Å². The molecule has 1 aliphatic rings. The first-order chi connectivity index (χ1) is 17.3. The number of carbonyl (C=O) groups is 2. The summed E-state index contributed by atoms with van der Waals surface area (Å²) in [5.74, 6) is -0.226. The topological polar surface area (TPSA) is 144 Å².